The Balaban J connectivity index is 1.39. The molecule has 1 N–H and O–H groups in total. The second-order valence-electron chi connectivity index (χ2n) is 7.04. The number of benzene rings is 2. The fourth-order valence-electron chi connectivity index (χ4n) is 3.32. The first-order valence-electron chi connectivity index (χ1n) is 9.71. The van der Waals surface area contributed by atoms with Crippen molar-refractivity contribution >= 4 is 23.4 Å². The first-order chi connectivity index (χ1) is 14.2. The number of carbonyl (C=O) groups is 1. The maximum Gasteiger partial charge on any atom is 0.248 e. The van der Waals surface area contributed by atoms with E-state index in [2.05, 4.69) is 38.6 Å². The number of carbonyl (C=O) groups excluding carboxylic acids is 1. The van der Waals surface area contributed by atoms with Crippen LogP contribution in [0.15, 0.2) is 48.5 Å². The first-order valence-corrected chi connectivity index (χ1v) is 10.9. The molecule has 150 valence electrons. The maximum absolute atomic E-state index is 12.5. The molecule has 2 heterocycles. The summed E-state index contributed by atoms with van der Waals surface area (Å²) < 4.78 is 0. The van der Waals surface area contributed by atoms with Crippen molar-refractivity contribution in [3.8, 4) is 11.4 Å². The lowest BCUT2D eigenvalue weighted by atomic mass is 10.1. The summed E-state index contributed by atoms with van der Waals surface area (Å²) in [6.07, 6.45) is 0. The minimum atomic E-state index is -0.170. The van der Waals surface area contributed by atoms with E-state index < -0.39 is 0 Å². The quantitative estimate of drug-likeness (QED) is 0.676. The Morgan fingerprint density at radius 2 is 1.90 bits per heavy atom. The zero-order chi connectivity index (χ0) is 20.1. The zero-order valence-corrected chi connectivity index (χ0v) is 17.2. The third-order valence-corrected chi connectivity index (χ3v) is 5.93. The molecule has 1 fully saturated rings. The van der Waals surface area contributed by atoms with Crippen LogP contribution in [-0.2, 0) is 17.9 Å². The molecule has 0 atom stereocenters. The van der Waals surface area contributed by atoms with Crippen molar-refractivity contribution in [2.24, 2.45) is 0 Å². The van der Waals surface area contributed by atoms with E-state index in [0.29, 0.717) is 5.82 Å². The fourth-order valence-corrected chi connectivity index (χ4v) is 4.30. The Labute approximate surface area is 174 Å². The number of amides is 1. The van der Waals surface area contributed by atoms with Gasteiger partial charge in [0.2, 0.25) is 11.7 Å². The van der Waals surface area contributed by atoms with Crippen LogP contribution in [0.25, 0.3) is 11.4 Å². The molecule has 0 saturated carbocycles. The summed E-state index contributed by atoms with van der Waals surface area (Å²) >= 11 is 2.01. The van der Waals surface area contributed by atoms with Gasteiger partial charge in [0.25, 0.3) is 0 Å². The lowest BCUT2D eigenvalue weighted by molar-refractivity contribution is -0.117. The van der Waals surface area contributed by atoms with E-state index in [1.165, 1.54) is 21.9 Å². The number of tetrazole rings is 1. The van der Waals surface area contributed by atoms with Gasteiger partial charge < -0.3 is 5.32 Å². The van der Waals surface area contributed by atoms with Gasteiger partial charge in [0.1, 0.15) is 6.54 Å². The Hall–Kier alpha value is -2.71. The van der Waals surface area contributed by atoms with Gasteiger partial charge in [-0.15, -0.1) is 10.2 Å². The van der Waals surface area contributed by atoms with Crippen LogP contribution in [0.2, 0.25) is 0 Å². The lowest BCUT2D eigenvalue weighted by Crippen LogP contribution is -2.32. The maximum atomic E-state index is 12.5. The molecule has 0 bridgehead atoms. The van der Waals surface area contributed by atoms with Crippen LogP contribution in [0.3, 0.4) is 0 Å². The van der Waals surface area contributed by atoms with Crippen molar-refractivity contribution in [2.75, 3.05) is 29.9 Å². The molecule has 0 radical (unpaired) electrons. The highest BCUT2D eigenvalue weighted by Gasteiger charge is 2.15. The van der Waals surface area contributed by atoms with Crippen LogP contribution in [0.1, 0.15) is 11.1 Å². The number of rotatable bonds is 6. The molecular formula is C21H24N6OS. The Morgan fingerprint density at radius 3 is 2.69 bits per heavy atom. The van der Waals surface area contributed by atoms with Gasteiger partial charge in [-0.3, -0.25) is 9.69 Å². The minimum absolute atomic E-state index is 0.0207. The highest BCUT2D eigenvalue weighted by Crippen LogP contribution is 2.22. The molecule has 1 aliphatic rings. The molecule has 29 heavy (non-hydrogen) atoms. The molecule has 7 nitrogen and oxygen atoms in total. The summed E-state index contributed by atoms with van der Waals surface area (Å²) in [7, 11) is 0. The van der Waals surface area contributed by atoms with Gasteiger partial charge in [-0.1, -0.05) is 42.5 Å². The molecule has 2 aromatic carbocycles. The molecule has 1 saturated heterocycles. The molecule has 8 heteroatoms. The molecule has 3 aromatic rings. The van der Waals surface area contributed by atoms with Crippen molar-refractivity contribution in [3.05, 3.63) is 59.7 Å². The minimum Gasteiger partial charge on any atom is -0.324 e. The van der Waals surface area contributed by atoms with Crippen LogP contribution in [0, 0.1) is 6.92 Å². The average Bonchev–Trinajstić information content (AvgIpc) is 3.21. The van der Waals surface area contributed by atoms with Crippen LogP contribution in [-0.4, -0.2) is 55.6 Å². The smallest absolute Gasteiger partial charge is 0.248 e. The number of aromatic nitrogens is 4. The van der Waals surface area contributed by atoms with Crippen molar-refractivity contribution in [3.63, 3.8) is 0 Å². The largest absolute Gasteiger partial charge is 0.324 e. The predicted molar refractivity (Wildman–Crippen MR) is 116 cm³/mol. The van der Waals surface area contributed by atoms with Crippen molar-refractivity contribution < 1.29 is 4.79 Å². The van der Waals surface area contributed by atoms with Crippen LogP contribution in [0.5, 0.6) is 0 Å². The van der Waals surface area contributed by atoms with Gasteiger partial charge in [0, 0.05) is 42.4 Å². The number of thioether (sulfide) groups is 1. The zero-order valence-electron chi connectivity index (χ0n) is 16.4. The van der Waals surface area contributed by atoms with E-state index in [4.69, 9.17) is 0 Å². The van der Waals surface area contributed by atoms with Crippen LogP contribution < -0.4 is 5.32 Å². The molecule has 1 aromatic heterocycles. The summed E-state index contributed by atoms with van der Waals surface area (Å²) in [6.45, 7) is 5.23. The molecule has 1 amide bonds. The predicted octanol–water partition coefficient (Wildman–Crippen LogP) is 2.84. The second-order valence-corrected chi connectivity index (χ2v) is 8.26. The summed E-state index contributed by atoms with van der Waals surface area (Å²) in [6, 6.07) is 15.7. The van der Waals surface area contributed by atoms with E-state index in [1.54, 1.807) is 0 Å². The van der Waals surface area contributed by atoms with Gasteiger partial charge in [-0.25, -0.2) is 0 Å². The van der Waals surface area contributed by atoms with E-state index in [1.807, 2.05) is 54.2 Å². The van der Waals surface area contributed by atoms with E-state index in [9.17, 15) is 4.79 Å². The summed E-state index contributed by atoms with van der Waals surface area (Å²) in [4.78, 5) is 16.3. The van der Waals surface area contributed by atoms with Crippen molar-refractivity contribution in [1.82, 2.24) is 25.1 Å². The number of anilines is 1. The summed E-state index contributed by atoms with van der Waals surface area (Å²) in [5.74, 6) is 2.71. The second kappa shape index (κ2) is 9.19. The SMILES string of the molecule is Cc1c(CN2CCSCC2)cccc1NC(=O)Cn1nnc(-c2ccccc2)n1. The van der Waals surface area contributed by atoms with Gasteiger partial charge >= 0.3 is 0 Å². The fraction of sp³-hybridized carbons (Fsp3) is 0.333. The average molecular weight is 409 g/mol. The third kappa shape index (κ3) is 5.02. The Morgan fingerprint density at radius 1 is 1.10 bits per heavy atom. The Kier molecular flexibility index (Phi) is 6.21. The van der Waals surface area contributed by atoms with E-state index >= 15 is 0 Å². The highest BCUT2D eigenvalue weighted by atomic mass is 32.2. The van der Waals surface area contributed by atoms with Crippen LogP contribution in [0.4, 0.5) is 5.69 Å². The van der Waals surface area contributed by atoms with E-state index in [0.717, 1.165) is 36.4 Å². The van der Waals surface area contributed by atoms with Crippen molar-refractivity contribution in [2.45, 2.75) is 20.0 Å². The standard InChI is InChI=1S/C21H24N6OS/c1-16-18(14-26-10-12-29-13-11-26)8-5-9-19(16)22-20(28)15-27-24-21(23-25-27)17-6-3-2-4-7-17/h2-9H,10-15H2,1H3,(H,22,28). The molecule has 1 aliphatic heterocycles. The number of hydrogen-bond acceptors (Lipinski definition) is 6. The van der Waals surface area contributed by atoms with E-state index in [-0.39, 0.29) is 12.5 Å². The molecule has 4 rings (SSSR count). The third-order valence-electron chi connectivity index (χ3n) is 4.99. The van der Waals surface area contributed by atoms with Gasteiger partial charge in [0.15, 0.2) is 0 Å². The number of nitrogens with one attached hydrogen (secondary N) is 1. The van der Waals surface area contributed by atoms with Crippen molar-refractivity contribution in [1.29, 1.82) is 0 Å². The summed E-state index contributed by atoms with van der Waals surface area (Å²) in [5.41, 5.74) is 4.07. The molecule has 0 aliphatic carbocycles. The van der Waals surface area contributed by atoms with Gasteiger partial charge in [-0.2, -0.15) is 16.6 Å². The lowest BCUT2D eigenvalue weighted by Gasteiger charge is -2.27. The topological polar surface area (TPSA) is 75.9 Å². The molecule has 0 unspecified atom stereocenters. The number of nitrogens with zero attached hydrogens (tertiary/aromatic N) is 5. The monoisotopic (exact) mass is 408 g/mol. The molecular weight excluding hydrogens is 384 g/mol. The first kappa shape index (κ1) is 19.6. The van der Waals surface area contributed by atoms with Crippen LogP contribution >= 0.6 is 11.8 Å². The molecule has 0 spiro atoms. The van der Waals surface area contributed by atoms with Gasteiger partial charge in [0.05, 0.1) is 0 Å². The van der Waals surface area contributed by atoms with Gasteiger partial charge in [-0.05, 0) is 29.3 Å². The summed E-state index contributed by atoms with van der Waals surface area (Å²) in [5, 5.41) is 15.3. The normalized spacial score (nSPS) is 14.7. The Bertz CT molecular complexity index is 968. The highest BCUT2D eigenvalue weighted by molar-refractivity contribution is 7.99. The number of hydrogen-bond donors (Lipinski definition) is 1.